The molecule has 0 spiro atoms. The van der Waals surface area contributed by atoms with Crippen molar-refractivity contribution in [1.82, 2.24) is 5.32 Å². The maximum Gasteiger partial charge on any atom is 0.270 e. The number of thiocarbonyl (C=S) groups is 1. The Morgan fingerprint density at radius 1 is 1.21 bits per heavy atom. The number of aryl methyl sites for hydroxylation is 1. The number of nitrogens with zero attached hydrogens (tertiary/aromatic N) is 1. The first-order chi connectivity index (χ1) is 11.6. The van der Waals surface area contributed by atoms with Gasteiger partial charge >= 0.3 is 0 Å². The SMILES string of the molecule is CCCc1cc[n+]([C@@H](C(=O)c2ccccc2Cl)C(=S)NCC)cc1. The summed E-state index contributed by atoms with van der Waals surface area (Å²) < 4.78 is 1.84. The second-order valence-corrected chi connectivity index (χ2v) is 6.39. The summed E-state index contributed by atoms with van der Waals surface area (Å²) in [5.74, 6) is -0.111. The molecule has 1 atom stereocenters. The molecule has 126 valence electrons. The molecule has 0 amide bonds. The number of likely N-dealkylation sites (N-methyl/N-ethyl adjacent to an activating group) is 1. The Morgan fingerprint density at radius 2 is 1.88 bits per heavy atom. The van der Waals surface area contributed by atoms with Crippen LogP contribution in [0.4, 0.5) is 0 Å². The highest BCUT2D eigenvalue weighted by molar-refractivity contribution is 7.80. The number of hydrogen-bond acceptors (Lipinski definition) is 2. The molecule has 2 aromatic rings. The van der Waals surface area contributed by atoms with Crippen LogP contribution in [0.5, 0.6) is 0 Å². The largest absolute Gasteiger partial charge is 0.374 e. The maximum absolute atomic E-state index is 13.1. The second-order valence-electron chi connectivity index (χ2n) is 5.54. The summed E-state index contributed by atoms with van der Waals surface area (Å²) in [6, 6.07) is 10.5. The molecule has 0 aliphatic carbocycles. The number of carbonyl (C=O) groups excluding carboxylic acids is 1. The van der Waals surface area contributed by atoms with Gasteiger partial charge in [-0.1, -0.05) is 49.3 Å². The molecule has 3 nitrogen and oxygen atoms in total. The zero-order valence-electron chi connectivity index (χ0n) is 14.0. The molecule has 1 aromatic carbocycles. The van der Waals surface area contributed by atoms with Crippen molar-refractivity contribution in [2.24, 2.45) is 0 Å². The summed E-state index contributed by atoms with van der Waals surface area (Å²) in [4.78, 5) is 13.6. The number of rotatable bonds is 7. The first-order valence-corrected chi connectivity index (χ1v) is 8.93. The van der Waals surface area contributed by atoms with E-state index in [2.05, 4.69) is 12.2 Å². The van der Waals surface area contributed by atoms with E-state index in [9.17, 15) is 4.79 Å². The van der Waals surface area contributed by atoms with E-state index in [4.69, 9.17) is 23.8 Å². The van der Waals surface area contributed by atoms with Gasteiger partial charge in [0.05, 0.1) is 5.02 Å². The number of Topliss-reactive ketones (excluding diaryl/α,β-unsaturated/α-hetero) is 1. The van der Waals surface area contributed by atoms with Crippen molar-refractivity contribution in [1.29, 1.82) is 0 Å². The number of pyridine rings is 1. The molecule has 0 aliphatic heterocycles. The average molecular weight is 362 g/mol. The average Bonchev–Trinajstić information content (AvgIpc) is 2.57. The molecule has 2 rings (SSSR count). The Bertz CT molecular complexity index is 716. The minimum absolute atomic E-state index is 0.111. The van der Waals surface area contributed by atoms with Gasteiger partial charge in [-0.25, -0.2) is 0 Å². The third-order valence-electron chi connectivity index (χ3n) is 3.75. The van der Waals surface area contributed by atoms with E-state index >= 15 is 0 Å². The van der Waals surface area contributed by atoms with Gasteiger partial charge in [-0.05, 0) is 31.0 Å². The van der Waals surface area contributed by atoms with Crippen LogP contribution in [0.15, 0.2) is 48.8 Å². The lowest BCUT2D eigenvalue weighted by atomic mass is 10.0. The van der Waals surface area contributed by atoms with Crippen LogP contribution in [0.3, 0.4) is 0 Å². The van der Waals surface area contributed by atoms with Crippen molar-refractivity contribution in [3.8, 4) is 0 Å². The van der Waals surface area contributed by atoms with Crippen LogP contribution >= 0.6 is 23.8 Å². The minimum atomic E-state index is -0.601. The highest BCUT2D eigenvalue weighted by Crippen LogP contribution is 2.20. The van der Waals surface area contributed by atoms with Crippen LogP contribution in [0.2, 0.25) is 5.02 Å². The molecule has 1 heterocycles. The minimum Gasteiger partial charge on any atom is -0.374 e. The lowest BCUT2D eigenvalue weighted by Gasteiger charge is -2.14. The van der Waals surface area contributed by atoms with Crippen molar-refractivity contribution in [3.63, 3.8) is 0 Å². The fourth-order valence-corrected chi connectivity index (χ4v) is 3.17. The highest BCUT2D eigenvalue weighted by atomic mass is 35.5. The monoisotopic (exact) mass is 361 g/mol. The van der Waals surface area contributed by atoms with Gasteiger partial charge in [0.2, 0.25) is 5.78 Å². The number of aromatic nitrogens is 1. The maximum atomic E-state index is 13.1. The third kappa shape index (κ3) is 4.40. The smallest absolute Gasteiger partial charge is 0.270 e. The van der Waals surface area contributed by atoms with Crippen molar-refractivity contribution >= 4 is 34.6 Å². The molecule has 1 N–H and O–H groups in total. The molecule has 5 heteroatoms. The molecule has 0 saturated heterocycles. The lowest BCUT2D eigenvalue weighted by molar-refractivity contribution is -0.692. The van der Waals surface area contributed by atoms with Gasteiger partial charge in [0.1, 0.15) is 0 Å². The third-order valence-corrected chi connectivity index (χ3v) is 4.44. The van der Waals surface area contributed by atoms with Crippen LogP contribution < -0.4 is 9.88 Å². The van der Waals surface area contributed by atoms with E-state index in [1.54, 1.807) is 12.1 Å². The van der Waals surface area contributed by atoms with E-state index in [0.717, 1.165) is 12.8 Å². The van der Waals surface area contributed by atoms with E-state index in [0.29, 0.717) is 22.1 Å². The highest BCUT2D eigenvalue weighted by Gasteiger charge is 2.33. The Kier molecular flexibility index (Phi) is 6.88. The van der Waals surface area contributed by atoms with Gasteiger partial charge in [0.15, 0.2) is 17.4 Å². The molecule has 0 bridgehead atoms. The first kappa shape index (κ1) is 18.6. The topological polar surface area (TPSA) is 33.0 Å². The fraction of sp³-hybridized carbons (Fsp3) is 0.316. The predicted molar refractivity (Wildman–Crippen MR) is 102 cm³/mol. The quantitative estimate of drug-likeness (QED) is 0.460. The molecule has 24 heavy (non-hydrogen) atoms. The Hall–Kier alpha value is -1.78. The summed E-state index contributed by atoms with van der Waals surface area (Å²) >= 11 is 11.7. The number of hydrogen-bond donors (Lipinski definition) is 1. The fourth-order valence-electron chi connectivity index (χ4n) is 2.57. The molecule has 0 unspecified atom stereocenters. The van der Waals surface area contributed by atoms with Crippen LogP contribution in [0, 0.1) is 0 Å². The van der Waals surface area contributed by atoms with Gasteiger partial charge in [0, 0.05) is 24.2 Å². The van der Waals surface area contributed by atoms with Crippen molar-refractivity contribution < 1.29 is 9.36 Å². The van der Waals surface area contributed by atoms with E-state index < -0.39 is 6.04 Å². The van der Waals surface area contributed by atoms with Crippen molar-refractivity contribution in [2.75, 3.05) is 6.54 Å². The van der Waals surface area contributed by atoms with Crippen molar-refractivity contribution in [2.45, 2.75) is 32.7 Å². The van der Waals surface area contributed by atoms with Gasteiger partial charge in [-0.15, -0.1) is 0 Å². The Labute approximate surface area is 153 Å². The Morgan fingerprint density at radius 3 is 2.46 bits per heavy atom. The van der Waals surface area contributed by atoms with Gasteiger partial charge in [-0.2, -0.15) is 4.57 Å². The summed E-state index contributed by atoms with van der Waals surface area (Å²) in [7, 11) is 0. The van der Waals surface area contributed by atoms with Gasteiger partial charge in [0.25, 0.3) is 6.04 Å². The van der Waals surface area contributed by atoms with Crippen molar-refractivity contribution in [3.05, 3.63) is 64.9 Å². The normalized spacial score (nSPS) is 11.8. The summed E-state index contributed by atoms with van der Waals surface area (Å²) in [5.41, 5.74) is 1.72. The molecular formula is C19H22ClN2OS+. The van der Waals surface area contributed by atoms with E-state index in [1.165, 1.54) is 5.56 Å². The first-order valence-electron chi connectivity index (χ1n) is 8.14. The van der Waals surface area contributed by atoms with E-state index in [-0.39, 0.29) is 5.78 Å². The van der Waals surface area contributed by atoms with Crippen LogP contribution in [0.25, 0.3) is 0 Å². The predicted octanol–water partition coefficient (Wildman–Crippen LogP) is 3.94. The number of ketones is 1. The zero-order valence-corrected chi connectivity index (χ0v) is 15.5. The van der Waals surface area contributed by atoms with Gasteiger partial charge < -0.3 is 5.32 Å². The molecular weight excluding hydrogens is 340 g/mol. The van der Waals surface area contributed by atoms with Crippen LogP contribution in [-0.2, 0) is 6.42 Å². The van der Waals surface area contributed by atoms with E-state index in [1.807, 2.05) is 48.1 Å². The molecule has 1 aromatic heterocycles. The Balaban J connectivity index is 2.39. The summed E-state index contributed by atoms with van der Waals surface area (Å²) in [6.07, 6.45) is 5.92. The van der Waals surface area contributed by atoms with Crippen LogP contribution in [-0.4, -0.2) is 17.3 Å². The number of halogens is 1. The molecule has 0 radical (unpaired) electrons. The summed E-state index contributed by atoms with van der Waals surface area (Å²) in [6.45, 7) is 4.77. The van der Waals surface area contributed by atoms with Crippen LogP contribution in [0.1, 0.15) is 42.2 Å². The second kappa shape index (κ2) is 8.90. The number of nitrogens with one attached hydrogen (secondary N) is 1. The lowest BCUT2D eigenvalue weighted by Crippen LogP contribution is -2.51. The molecule has 0 aliphatic rings. The number of carbonyl (C=O) groups is 1. The van der Waals surface area contributed by atoms with Gasteiger partial charge in [-0.3, -0.25) is 4.79 Å². The number of benzene rings is 1. The molecule has 0 fully saturated rings. The standard InChI is InChI=1S/C19H21ClN2OS/c1-3-7-14-10-12-22(13-11-14)17(19(24)21-4-2)18(23)15-8-5-6-9-16(15)20/h5-6,8-13,17H,3-4,7H2,1-2H3/p+1/t17-/m0/s1. The summed E-state index contributed by atoms with van der Waals surface area (Å²) in [5, 5.41) is 3.54. The molecule has 0 saturated carbocycles. The zero-order chi connectivity index (χ0) is 17.5.